The van der Waals surface area contributed by atoms with E-state index in [0.29, 0.717) is 11.5 Å². The van der Waals surface area contributed by atoms with E-state index in [4.69, 9.17) is 0 Å². The number of aryl methyl sites for hydroxylation is 2. The Bertz CT molecular complexity index is 635. The Labute approximate surface area is 124 Å². The van der Waals surface area contributed by atoms with E-state index in [1.807, 2.05) is 32.9 Å². The molecule has 0 unspecified atom stereocenters. The molecule has 110 valence electrons. The van der Waals surface area contributed by atoms with Gasteiger partial charge in [0.25, 0.3) is 5.91 Å². The van der Waals surface area contributed by atoms with Gasteiger partial charge in [-0.3, -0.25) is 4.79 Å². The molecule has 1 aromatic carbocycles. The lowest BCUT2D eigenvalue weighted by Crippen LogP contribution is -2.30. The predicted octanol–water partition coefficient (Wildman–Crippen LogP) is 2.98. The van der Waals surface area contributed by atoms with Crippen LogP contribution in [-0.2, 0) is 0 Å². The number of hydrogen-bond acceptors (Lipinski definition) is 4. The lowest BCUT2D eigenvalue weighted by atomic mass is 10.1. The van der Waals surface area contributed by atoms with Crippen molar-refractivity contribution in [2.24, 2.45) is 0 Å². The number of carbonyl (C=O) groups is 1. The van der Waals surface area contributed by atoms with Crippen LogP contribution in [0.15, 0.2) is 30.6 Å². The molecular formula is C16H20N4O. The summed E-state index contributed by atoms with van der Waals surface area (Å²) in [6.07, 6.45) is 3.05. The highest BCUT2D eigenvalue weighted by Gasteiger charge is 2.08. The third-order valence-electron chi connectivity index (χ3n) is 2.96. The number of hydrogen-bond donors (Lipinski definition) is 2. The third kappa shape index (κ3) is 4.02. The van der Waals surface area contributed by atoms with E-state index in [9.17, 15) is 4.79 Å². The molecule has 2 N–H and O–H groups in total. The van der Waals surface area contributed by atoms with Crippen LogP contribution < -0.4 is 10.6 Å². The second-order valence-electron chi connectivity index (χ2n) is 5.37. The van der Waals surface area contributed by atoms with Gasteiger partial charge >= 0.3 is 0 Å². The smallest absolute Gasteiger partial charge is 0.254 e. The largest absolute Gasteiger partial charge is 0.350 e. The van der Waals surface area contributed by atoms with Crippen molar-refractivity contribution in [2.75, 3.05) is 5.32 Å². The minimum Gasteiger partial charge on any atom is -0.350 e. The first-order valence-electron chi connectivity index (χ1n) is 6.93. The van der Waals surface area contributed by atoms with Crippen LogP contribution in [0.5, 0.6) is 0 Å². The minimum atomic E-state index is -0.164. The standard InChI is InChI=1S/C16H20N4O/c1-10(2)19-15(21)13-8-17-16(18-9-13)20-14-6-5-11(3)7-12(14)4/h5-10H,1-4H3,(H,19,21)(H,17,18,20). The summed E-state index contributed by atoms with van der Waals surface area (Å²) in [5.74, 6) is 0.311. The van der Waals surface area contributed by atoms with E-state index >= 15 is 0 Å². The van der Waals surface area contributed by atoms with E-state index in [0.717, 1.165) is 11.3 Å². The van der Waals surface area contributed by atoms with Gasteiger partial charge in [0.1, 0.15) is 0 Å². The van der Waals surface area contributed by atoms with Gasteiger partial charge in [0.15, 0.2) is 0 Å². The quantitative estimate of drug-likeness (QED) is 0.905. The van der Waals surface area contributed by atoms with Crippen LogP contribution in [0.4, 0.5) is 11.6 Å². The number of benzene rings is 1. The van der Waals surface area contributed by atoms with Gasteiger partial charge in [0, 0.05) is 24.1 Å². The Morgan fingerprint density at radius 2 is 1.81 bits per heavy atom. The Balaban J connectivity index is 2.10. The Morgan fingerprint density at radius 1 is 1.14 bits per heavy atom. The van der Waals surface area contributed by atoms with Crippen LogP contribution in [0.1, 0.15) is 35.3 Å². The maximum Gasteiger partial charge on any atom is 0.254 e. The van der Waals surface area contributed by atoms with E-state index in [2.05, 4.69) is 33.6 Å². The number of carbonyl (C=O) groups excluding carboxylic acids is 1. The van der Waals surface area contributed by atoms with E-state index in [-0.39, 0.29) is 11.9 Å². The molecule has 0 saturated heterocycles. The predicted molar refractivity (Wildman–Crippen MR) is 83.8 cm³/mol. The molecule has 0 aliphatic rings. The molecule has 0 aliphatic carbocycles. The van der Waals surface area contributed by atoms with Crippen molar-refractivity contribution in [3.63, 3.8) is 0 Å². The fourth-order valence-corrected chi connectivity index (χ4v) is 1.93. The first kappa shape index (κ1) is 15.0. The minimum absolute atomic E-state index is 0.0884. The summed E-state index contributed by atoms with van der Waals surface area (Å²) >= 11 is 0. The molecule has 0 radical (unpaired) electrons. The summed E-state index contributed by atoms with van der Waals surface area (Å²) in [4.78, 5) is 20.2. The molecule has 0 bridgehead atoms. The fourth-order valence-electron chi connectivity index (χ4n) is 1.93. The molecule has 21 heavy (non-hydrogen) atoms. The van der Waals surface area contributed by atoms with Gasteiger partial charge in [-0.25, -0.2) is 9.97 Å². The summed E-state index contributed by atoms with van der Waals surface area (Å²) in [5, 5.41) is 5.96. The van der Waals surface area contributed by atoms with Crippen molar-refractivity contribution in [3.05, 3.63) is 47.3 Å². The van der Waals surface area contributed by atoms with Crippen LogP contribution in [0.25, 0.3) is 0 Å². The second-order valence-corrected chi connectivity index (χ2v) is 5.37. The average molecular weight is 284 g/mol. The van der Waals surface area contributed by atoms with Crippen molar-refractivity contribution in [3.8, 4) is 0 Å². The number of anilines is 2. The van der Waals surface area contributed by atoms with Crippen LogP contribution in [-0.4, -0.2) is 21.9 Å². The number of nitrogens with one attached hydrogen (secondary N) is 2. The summed E-state index contributed by atoms with van der Waals surface area (Å²) in [7, 11) is 0. The number of nitrogens with zero attached hydrogens (tertiary/aromatic N) is 2. The van der Waals surface area contributed by atoms with E-state index in [1.165, 1.54) is 18.0 Å². The molecule has 0 aliphatic heterocycles. The molecule has 0 fully saturated rings. The molecule has 5 heteroatoms. The second kappa shape index (κ2) is 6.35. The van der Waals surface area contributed by atoms with Gasteiger partial charge in [0.2, 0.25) is 5.95 Å². The zero-order valence-electron chi connectivity index (χ0n) is 12.8. The monoisotopic (exact) mass is 284 g/mol. The van der Waals surface area contributed by atoms with Gasteiger partial charge in [-0.2, -0.15) is 0 Å². The number of amides is 1. The number of rotatable bonds is 4. The van der Waals surface area contributed by atoms with Gasteiger partial charge in [-0.15, -0.1) is 0 Å². The molecule has 1 heterocycles. The molecule has 1 aromatic heterocycles. The molecule has 2 aromatic rings. The topological polar surface area (TPSA) is 66.9 Å². The molecular weight excluding hydrogens is 264 g/mol. The highest BCUT2D eigenvalue weighted by Crippen LogP contribution is 2.19. The van der Waals surface area contributed by atoms with Crippen LogP contribution in [0.2, 0.25) is 0 Å². The van der Waals surface area contributed by atoms with Crippen molar-refractivity contribution >= 4 is 17.5 Å². The highest BCUT2D eigenvalue weighted by molar-refractivity contribution is 5.93. The molecule has 0 saturated carbocycles. The normalized spacial score (nSPS) is 10.5. The van der Waals surface area contributed by atoms with Gasteiger partial charge in [-0.05, 0) is 39.3 Å². The molecule has 2 rings (SSSR count). The Hall–Kier alpha value is -2.43. The van der Waals surface area contributed by atoms with Gasteiger partial charge in [0.05, 0.1) is 5.56 Å². The Kier molecular flexibility index (Phi) is 4.52. The third-order valence-corrected chi connectivity index (χ3v) is 2.96. The lowest BCUT2D eigenvalue weighted by molar-refractivity contribution is 0.0942. The maximum atomic E-state index is 11.8. The van der Waals surface area contributed by atoms with Crippen molar-refractivity contribution in [1.29, 1.82) is 0 Å². The van der Waals surface area contributed by atoms with Crippen molar-refractivity contribution < 1.29 is 4.79 Å². The molecule has 0 atom stereocenters. The fraction of sp³-hybridized carbons (Fsp3) is 0.312. The summed E-state index contributed by atoms with van der Waals surface area (Å²) < 4.78 is 0. The average Bonchev–Trinajstić information content (AvgIpc) is 2.42. The summed E-state index contributed by atoms with van der Waals surface area (Å²) in [6.45, 7) is 7.90. The Morgan fingerprint density at radius 3 is 2.38 bits per heavy atom. The zero-order valence-corrected chi connectivity index (χ0v) is 12.8. The van der Waals surface area contributed by atoms with Crippen LogP contribution in [0, 0.1) is 13.8 Å². The molecule has 1 amide bonds. The zero-order chi connectivity index (χ0) is 15.4. The highest BCUT2D eigenvalue weighted by atomic mass is 16.1. The first-order chi connectivity index (χ1) is 9.95. The molecule has 5 nitrogen and oxygen atoms in total. The summed E-state index contributed by atoms with van der Waals surface area (Å²) in [6, 6.07) is 6.20. The van der Waals surface area contributed by atoms with Crippen LogP contribution in [0.3, 0.4) is 0 Å². The van der Waals surface area contributed by atoms with Gasteiger partial charge in [-0.1, -0.05) is 17.7 Å². The molecule has 0 spiro atoms. The van der Waals surface area contributed by atoms with E-state index in [1.54, 1.807) is 0 Å². The first-order valence-corrected chi connectivity index (χ1v) is 6.93. The number of aromatic nitrogens is 2. The van der Waals surface area contributed by atoms with Crippen molar-refractivity contribution in [1.82, 2.24) is 15.3 Å². The van der Waals surface area contributed by atoms with Gasteiger partial charge < -0.3 is 10.6 Å². The SMILES string of the molecule is Cc1ccc(Nc2ncc(C(=O)NC(C)C)cn2)c(C)c1. The van der Waals surface area contributed by atoms with Crippen molar-refractivity contribution in [2.45, 2.75) is 33.7 Å². The maximum absolute atomic E-state index is 11.8. The summed E-state index contributed by atoms with van der Waals surface area (Å²) in [5.41, 5.74) is 3.75. The van der Waals surface area contributed by atoms with Crippen LogP contribution >= 0.6 is 0 Å². The van der Waals surface area contributed by atoms with E-state index < -0.39 is 0 Å². The lowest BCUT2D eigenvalue weighted by Gasteiger charge is -2.10.